The molecule has 0 bridgehead atoms. The molecule has 1 aliphatic heterocycles. The van der Waals surface area contributed by atoms with Gasteiger partial charge in [0.2, 0.25) is 5.91 Å². The van der Waals surface area contributed by atoms with E-state index in [4.69, 9.17) is 5.73 Å². The lowest BCUT2D eigenvalue weighted by atomic mass is 10.4. The van der Waals surface area contributed by atoms with E-state index in [1.165, 1.54) is 11.8 Å². The molecule has 2 rings (SSSR count). The summed E-state index contributed by atoms with van der Waals surface area (Å²) in [6.45, 7) is 1.18. The number of carbonyl (C=O) groups is 1. The number of aromatic nitrogens is 3. The van der Waals surface area contributed by atoms with Crippen molar-refractivity contribution in [3.05, 3.63) is 5.82 Å². The maximum atomic E-state index is 11.7. The fourth-order valence-electron chi connectivity index (χ4n) is 1.65. The van der Waals surface area contributed by atoms with Gasteiger partial charge < -0.3 is 15.2 Å². The molecule has 16 heavy (non-hydrogen) atoms. The summed E-state index contributed by atoms with van der Waals surface area (Å²) in [5.41, 5.74) is 5.51. The predicted molar refractivity (Wildman–Crippen MR) is 60.8 cm³/mol. The summed E-state index contributed by atoms with van der Waals surface area (Å²) in [6, 6.07) is 0. The Morgan fingerprint density at radius 2 is 2.25 bits per heavy atom. The number of nitrogens with two attached hydrogens (primary N) is 1. The first-order valence-electron chi connectivity index (χ1n) is 5.13. The van der Waals surface area contributed by atoms with Crippen LogP contribution in [0, 0.1) is 0 Å². The number of rotatable bonds is 3. The first-order chi connectivity index (χ1) is 7.63. The zero-order valence-corrected chi connectivity index (χ0v) is 10.2. The van der Waals surface area contributed by atoms with Gasteiger partial charge in [0.1, 0.15) is 5.82 Å². The second kappa shape index (κ2) is 4.42. The summed E-state index contributed by atoms with van der Waals surface area (Å²) in [6.07, 6.45) is 0.866. The quantitative estimate of drug-likeness (QED) is 0.779. The molecule has 1 aromatic heterocycles. The van der Waals surface area contributed by atoms with Crippen molar-refractivity contribution < 1.29 is 4.79 Å². The van der Waals surface area contributed by atoms with E-state index in [9.17, 15) is 4.79 Å². The summed E-state index contributed by atoms with van der Waals surface area (Å²) in [7, 11) is 3.69. The van der Waals surface area contributed by atoms with Gasteiger partial charge in [0, 0.05) is 20.6 Å². The van der Waals surface area contributed by atoms with Gasteiger partial charge in [-0.3, -0.25) is 4.79 Å². The number of likely N-dealkylation sites (tertiary alicyclic amines) is 1. The number of hydrogen-bond acceptors (Lipinski definition) is 5. The van der Waals surface area contributed by atoms with Gasteiger partial charge in [-0.1, -0.05) is 11.8 Å². The molecular weight excluding hydrogens is 226 g/mol. The molecule has 88 valence electrons. The van der Waals surface area contributed by atoms with E-state index in [2.05, 4.69) is 10.2 Å². The maximum Gasteiger partial charge on any atom is 0.235 e. The number of hydrogen-bond donors (Lipinski definition) is 1. The van der Waals surface area contributed by atoms with Crippen LogP contribution in [0.1, 0.15) is 12.2 Å². The molecule has 2 N–H and O–H groups in total. The van der Waals surface area contributed by atoms with Crippen LogP contribution in [0.15, 0.2) is 5.16 Å². The summed E-state index contributed by atoms with van der Waals surface area (Å²) in [5.74, 6) is 0.906. The molecule has 0 aliphatic carbocycles. The van der Waals surface area contributed by atoms with Gasteiger partial charge in [-0.2, -0.15) is 0 Å². The minimum Gasteiger partial charge on any atom is -0.345 e. The molecule has 7 heteroatoms. The van der Waals surface area contributed by atoms with Gasteiger partial charge >= 0.3 is 0 Å². The molecule has 1 atom stereocenters. The molecule has 0 saturated carbocycles. The molecule has 6 nitrogen and oxygen atoms in total. The summed E-state index contributed by atoms with van der Waals surface area (Å²) >= 11 is 1.47. The standard InChI is InChI=1S/C9H15N5OS/c1-13-4-3-6(8(13)15)16-9-12-11-7(5-10)14(9)2/h6H,3-5,10H2,1-2H3. The third-order valence-electron chi connectivity index (χ3n) is 2.73. The minimum atomic E-state index is -0.0291. The van der Waals surface area contributed by atoms with E-state index in [0.717, 1.165) is 23.9 Å². The number of carbonyl (C=O) groups excluding carboxylic acids is 1. The van der Waals surface area contributed by atoms with E-state index in [0.29, 0.717) is 6.54 Å². The highest BCUT2D eigenvalue weighted by Gasteiger charge is 2.31. The van der Waals surface area contributed by atoms with Gasteiger partial charge in [-0.15, -0.1) is 10.2 Å². The average molecular weight is 241 g/mol. The zero-order valence-electron chi connectivity index (χ0n) is 9.38. The van der Waals surface area contributed by atoms with E-state index >= 15 is 0 Å². The second-order valence-corrected chi connectivity index (χ2v) is 4.99. The molecule has 0 radical (unpaired) electrons. The van der Waals surface area contributed by atoms with Crippen molar-refractivity contribution in [2.75, 3.05) is 13.6 Å². The largest absolute Gasteiger partial charge is 0.345 e. The Morgan fingerprint density at radius 3 is 2.75 bits per heavy atom. The summed E-state index contributed by atoms with van der Waals surface area (Å²) in [4.78, 5) is 13.5. The topological polar surface area (TPSA) is 77.0 Å². The van der Waals surface area contributed by atoms with Gasteiger partial charge in [-0.05, 0) is 6.42 Å². The van der Waals surface area contributed by atoms with E-state index < -0.39 is 0 Å². The summed E-state index contributed by atoms with van der Waals surface area (Å²) in [5, 5.41) is 8.73. The first-order valence-corrected chi connectivity index (χ1v) is 6.01. The molecule has 1 saturated heterocycles. The van der Waals surface area contributed by atoms with E-state index in [1.807, 2.05) is 18.7 Å². The maximum absolute atomic E-state index is 11.7. The predicted octanol–water partition coefficient (Wildman–Crippen LogP) is -0.403. The molecular formula is C9H15N5OS. The number of nitrogens with zero attached hydrogens (tertiary/aromatic N) is 4. The van der Waals surface area contributed by atoms with Crippen LogP contribution in [0.5, 0.6) is 0 Å². The Bertz CT molecular complexity index is 405. The Hall–Kier alpha value is -1.08. The highest BCUT2D eigenvalue weighted by molar-refractivity contribution is 8.00. The van der Waals surface area contributed by atoms with Crippen LogP contribution in [-0.4, -0.2) is 44.4 Å². The van der Waals surface area contributed by atoms with Crippen LogP contribution in [-0.2, 0) is 18.4 Å². The molecule has 2 heterocycles. The lowest BCUT2D eigenvalue weighted by molar-refractivity contribution is -0.126. The molecule has 1 aromatic rings. The zero-order chi connectivity index (χ0) is 11.7. The summed E-state index contributed by atoms with van der Waals surface area (Å²) < 4.78 is 1.84. The first kappa shape index (κ1) is 11.4. The van der Waals surface area contributed by atoms with Crippen LogP contribution in [0.25, 0.3) is 0 Å². The van der Waals surface area contributed by atoms with Crippen LogP contribution in [0.3, 0.4) is 0 Å². The van der Waals surface area contributed by atoms with Crippen molar-refractivity contribution in [3.63, 3.8) is 0 Å². The van der Waals surface area contributed by atoms with Crippen LogP contribution in [0.4, 0.5) is 0 Å². The molecule has 1 aliphatic rings. The van der Waals surface area contributed by atoms with E-state index in [-0.39, 0.29) is 11.2 Å². The van der Waals surface area contributed by atoms with Gasteiger partial charge in [0.05, 0.1) is 11.8 Å². The molecule has 1 fully saturated rings. The van der Waals surface area contributed by atoms with Crippen molar-refractivity contribution >= 4 is 17.7 Å². The Labute approximate surface area is 98.2 Å². The van der Waals surface area contributed by atoms with Crippen molar-refractivity contribution in [1.82, 2.24) is 19.7 Å². The van der Waals surface area contributed by atoms with Crippen molar-refractivity contribution in [3.8, 4) is 0 Å². The number of thioether (sulfide) groups is 1. The van der Waals surface area contributed by atoms with Crippen LogP contribution in [0.2, 0.25) is 0 Å². The third kappa shape index (κ3) is 1.92. The molecule has 0 aromatic carbocycles. The van der Waals surface area contributed by atoms with Crippen LogP contribution >= 0.6 is 11.8 Å². The minimum absolute atomic E-state index is 0.0291. The van der Waals surface area contributed by atoms with Gasteiger partial charge in [0.15, 0.2) is 5.16 Å². The molecule has 1 amide bonds. The fraction of sp³-hybridized carbons (Fsp3) is 0.667. The lowest BCUT2D eigenvalue weighted by Crippen LogP contribution is -2.24. The smallest absolute Gasteiger partial charge is 0.235 e. The Morgan fingerprint density at radius 1 is 1.50 bits per heavy atom. The monoisotopic (exact) mass is 241 g/mol. The third-order valence-corrected chi connectivity index (χ3v) is 4.02. The lowest BCUT2D eigenvalue weighted by Gasteiger charge is -2.09. The van der Waals surface area contributed by atoms with Crippen molar-refractivity contribution in [1.29, 1.82) is 0 Å². The fourth-order valence-corrected chi connectivity index (χ4v) is 2.76. The van der Waals surface area contributed by atoms with Crippen molar-refractivity contribution in [2.45, 2.75) is 23.4 Å². The van der Waals surface area contributed by atoms with Crippen molar-refractivity contribution in [2.24, 2.45) is 12.8 Å². The Balaban J connectivity index is 2.09. The second-order valence-electron chi connectivity index (χ2n) is 3.82. The van der Waals surface area contributed by atoms with E-state index in [1.54, 1.807) is 4.90 Å². The van der Waals surface area contributed by atoms with Gasteiger partial charge in [-0.25, -0.2) is 0 Å². The SMILES string of the molecule is CN1CCC(Sc2nnc(CN)n2C)C1=O. The Kier molecular flexibility index (Phi) is 3.15. The highest BCUT2D eigenvalue weighted by atomic mass is 32.2. The molecule has 1 unspecified atom stereocenters. The number of amides is 1. The highest BCUT2D eigenvalue weighted by Crippen LogP contribution is 2.28. The average Bonchev–Trinajstić information content (AvgIpc) is 2.77. The normalized spacial score (nSPS) is 20.8. The van der Waals surface area contributed by atoms with Gasteiger partial charge in [0.25, 0.3) is 0 Å². The molecule has 0 spiro atoms. The van der Waals surface area contributed by atoms with Crippen LogP contribution < -0.4 is 5.73 Å².